The highest BCUT2D eigenvalue weighted by Crippen LogP contribution is 2.02. The second-order valence-corrected chi connectivity index (χ2v) is 3.96. The lowest BCUT2D eigenvalue weighted by Crippen LogP contribution is -2.40. The van der Waals surface area contributed by atoms with Crippen molar-refractivity contribution in [3.8, 4) is 0 Å². The lowest BCUT2D eigenvalue weighted by atomic mass is 10.1. The summed E-state index contributed by atoms with van der Waals surface area (Å²) in [6, 6.07) is -1.51. The van der Waals surface area contributed by atoms with E-state index in [1.54, 1.807) is 0 Å². The summed E-state index contributed by atoms with van der Waals surface area (Å²) in [6.45, 7) is 0. The fourth-order valence-corrected chi connectivity index (χ4v) is 1.45. The van der Waals surface area contributed by atoms with Crippen LogP contribution in [0.15, 0.2) is 0 Å². The van der Waals surface area contributed by atoms with Crippen molar-refractivity contribution in [2.24, 2.45) is 0 Å². The molecule has 8 nitrogen and oxygen atoms in total. The van der Waals surface area contributed by atoms with Crippen LogP contribution in [0.4, 0.5) is 0 Å². The summed E-state index contributed by atoms with van der Waals surface area (Å²) in [7, 11) is -4.60. The van der Waals surface area contributed by atoms with E-state index in [-0.39, 0.29) is 19.3 Å². The number of carboxylic acid groups (broad SMARTS) is 2. The van der Waals surface area contributed by atoms with E-state index in [4.69, 9.17) is 14.8 Å². The summed E-state index contributed by atoms with van der Waals surface area (Å²) in [5.41, 5.74) is 0. The van der Waals surface area contributed by atoms with Crippen LogP contribution in [0.5, 0.6) is 0 Å². The molecule has 0 saturated carbocycles. The molecule has 15 heavy (non-hydrogen) atoms. The molecule has 4 N–H and O–H groups in total. The Balaban J connectivity index is 4.18. The lowest BCUT2D eigenvalue weighted by molar-refractivity contribution is -0.140. The maximum atomic E-state index is 10.5. The lowest BCUT2D eigenvalue weighted by Gasteiger charge is -2.10. The number of carboxylic acids is 2. The minimum Gasteiger partial charge on any atom is -0.481 e. The number of rotatable bonds is 7. The standard InChI is InChI=1S/C6H11NO7S/c8-5(9)3-1-2-4(6(10)11)7-15(12,13)14/h4,7H,1-3H2,(H,8,9)(H,10,11)(H,12,13,14)/t4-/m1/s1. The minimum atomic E-state index is -4.60. The minimum absolute atomic E-state index is 0.00514. The quantitative estimate of drug-likeness (QED) is 0.422. The molecule has 0 saturated heterocycles. The molecule has 0 amide bonds. The number of aliphatic carboxylic acids is 2. The second-order valence-electron chi connectivity index (χ2n) is 2.77. The van der Waals surface area contributed by atoms with E-state index < -0.39 is 28.3 Å². The third kappa shape index (κ3) is 7.85. The van der Waals surface area contributed by atoms with Gasteiger partial charge in [0.2, 0.25) is 0 Å². The number of hydrogen-bond acceptors (Lipinski definition) is 4. The molecule has 0 unspecified atom stereocenters. The highest BCUT2D eigenvalue weighted by atomic mass is 32.2. The molecular weight excluding hydrogens is 230 g/mol. The van der Waals surface area contributed by atoms with Gasteiger partial charge in [0.05, 0.1) is 0 Å². The van der Waals surface area contributed by atoms with Crippen molar-refractivity contribution in [3.05, 3.63) is 0 Å². The topological polar surface area (TPSA) is 141 Å². The molecule has 0 spiro atoms. The first-order valence-electron chi connectivity index (χ1n) is 3.91. The molecule has 0 radical (unpaired) electrons. The summed E-state index contributed by atoms with van der Waals surface area (Å²) < 4.78 is 30.4. The van der Waals surface area contributed by atoms with Gasteiger partial charge in [-0.3, -0.25) is 14.1 Å². The maximum absolute atomic E-state index is 10.5. The molecular formula is C6H11NO7S. The predicted molar refractivity (Wildman–Crippen MR) is 47.6 cm³/mol. The van der Waals surface area contributed by atoms with Crippen molar-refractivity contribution in [1.29, 1.82) is 0 Å². The van der Waals surface area contributed by atoms with E-state index in [9.17, 15) is 18.0 Å². The van der Waals surface area contributed by atoms with Crippen LogP contribution < -0.4 is 4.72 Å². The van der Waals surface area contributed by atoms with Crippen LogP contribution in [0.3, 0.4) is 0 Å². The van der Waals surface area contributed by atoms with Crippen LogP contribution >= 0.6 is 0 Å². The van der Waals surface area contributed by atoms with E-state index >= 15 is 0 Å². The summed E-state index contributed by atoms with van der Waals surface area (Å²) >= 11 is 0. The van der Waals surface area contributed by atoms with Crippen LogP contribution in [-0.2, 0) is 19.9 Å². The zero-order valence-electron chi connectivity index (χ0n) is 7.58. The van der Waals surface area contributed by atoms with Crippen molar-refractivity contribution >= 4 is 22.2 Å². The average Bonchev–Trinajstić information content (AvgIpc) is 1.99. The summed E-state index contributed by atoms with van der Waals surface area (Å²) in [5, 5.41) is 16.8. The van der Waals surface area contributed by atoms with Crippen LogP contribution in [0.2, 0.25) is 0 Å². The summed E-state index contributed by atoms with van der Waals surface area (Å²) in [6.07, 6.45) is -0.479. The van der Waals surface area contributed by atoms with Crippen LogP contribution in [-0.4, -0.2) is 41.2 Å². The molecule has 0 aromatic rings. The second kappa shape index (κ2) is 5.63. The van der Waals surface area contributed by atoms with Crippen molar-refractivity contribution in [3.63, 3.8) is 0 Å². The van der Waals surface area contributed by atoms with Gasteiger partial charge in [-0.15, -0.1) is 0 Å². The van der Waals surface area contributed by atoms with E-state index in [1.807, 2.05) is 0 Å². The molecule has 0 bridgehead atoms. The number of carbonyl (C=O) groups is 2. The van der Waals surface area contributed by atoms with Gasteiger partial charge < -0.3 is 10.2 Å². The highest BCUT2D eigenvalue weighted by molar-refractivity contribution is 7.83. The predicted octanol–water partition coefficient (Wildman–Crippen LogP) is -0.913. The molecule has 0 heterocycles. The Morgan fingerprint density at radius 3 is 2.13 bits per heavy atom. The van der Waals surface area contributed by atoms with Crippen LogP contribution in [0.25, 0.3) is 0 Å². The Hall–Kier alpha value is -1.19. The Labute approximate surface area is 85.8 Å². The first-order chi connectivity index (χ1) is 6.72. The Morgan fingerprint density at radius 2 is 1.80 bits per heavy atom. The van der Waals surface area contributed by atoms with Gasteiger partial charge in [-0.05, 0) is 12.8 Å². The van der Waals surface area contributed by atoms with Gasteiger partial charge in [-0.25, -0.2) is 0 Å². The molecule has 88 valence electrons. The smallest absolute Gasteiger partial charge is 0.334 e. The molecule has 0 aliphatic heterocycles. The van der Waals surface area contributed by atoms with E-state index in [2.05, 4.69) is 0 Å². The third-order valence-electron chi connectivity index (χ3n) is 1.47. The van der Waals surface area contributed by atoms with Gasteiger partial charge in [-0.2, -0.15) is 13.1 Å². The van der Waals surface area contributed by atoms with E-state index in [0.717, 1.165) is 0 Å². The number of nitrogens with one attached hydrogen (secondary N) is 1. The van der Waals surface area contributed by atoms with Crippen molar-refractivity contribution in [1.82, 2.24) is 4.72 Å². The molecule has 0 fully saturated rings. The molecule has 0 aromatic carbocycles. The zero-order chi connectivity index (χ0) is 12.1. The zero-order valence-corrected chi connectivity index (χ0v) is 8.40. The normalized spacial score (nSPS) is 13.4. The van der Waals surface area contributed by atoms with Gasteiger partial charge in [0.15, 0.2) is 0 Å². The van der Waals surface area contributed by atoms with Gasteiger partial charge in [0.1, 0.15) is 6.04 Å². The molecule has 0 aromatic heterocycles. The van der Waals surface area contributed by atoms with Crippen LogP contribution in [0, 0.1) is 0 Å². The highest BCUT2D eigenvalue weighted by Gasteiger charge is 2.22. The fraction of sp³-hybridized carbons (Fsp3) is 0.667. The molecule has 0 aliphatic carbocycles. The fourth-order valence-electron chi connectivity index (χ4n) is 0.870. The van der Waals surface area contributed by atoms with E-state index in [0.29, 0.717) is 0 Å². The van der Waals surface area contributed by atoms with Crippen molar-refractivity contribution in [2.75, 3.05) is 0 Å². The summed E-state index contributed by atoms with van der Waals surface area (Å²) in [5.74, 6) is -2.58. The summed E-state index contributed by atoms with van der Waals surface area (Å²) in [4.78, 5) is 20.6. The van der Waals surface area contributed by atoms with Crippen molar-refractivity contribution < 1.29 is 32.8 Å². The van der Waals surface area contributed by atoms with Crippen molar-refractivity contribution in [2.45, 2.75) is 25.3 Å². The van der Waals surface area contributed by atoms with E-state index in [1.165, 1.54) is 4.72 Å². The molecule has 9 heteroatoms. The number of hydrogen-bond donors (Lipinski definition) is 4. The Kier molecular flexibility index (Phi) is 5.19. The Bertz CT molecular complexity index is 335. The van der Waals surface area contributed by atoms with Gasteiger partial charge in [0, 0.05) is 6.42 Å². The molecule has 1 atom stereocenters. The maximum Gasteiger partial charge on any atom is 0.334 e. The van der Waals surface area contributed by atoms with Crippen LogP contribution in [0.1, 0.15) is 19.3 Å². The first-order valence-corrected chi connectivity index (χ1v) is 5.35. The SMILES string of the molecule is O=C(O)CCC[C@@H](NS(=O)(=O)O)C(=O)O. The third-order valence-corrected chi connectivity index (χ3v) is 2.06. The first kappa shape index (κ1) is 13.8. The van der Waals surface area contributed by atoms with Gasteiger partial charge in [-0.1, -0.05) is 0 Å². The average molecular weight is 241 g/mol. The molecule has 0 rings (SSSR count). The Morgan fingerprint density at radius 1 is 1.27 bits per heavy atom. The molecule has 0 aliphatic rings. The van der Waals surface area contributed by atoms with Gasteiger partial charge in [0.25, 0.3) is 0 Å². The largest absolute Gasteiger partial charge is 0.481 e. The van der Waals surface area contributed by atoms with Gasteiger partial charge >= 0.3 is 22.2 Å². The monoisotopic (exact) mass is 241 g/mol.